The van der Waals surface area contributed by atoms with Gasteiger partial charge in [0.25, 0.3) is 0 Å². The molecule has 0 amide bonds. The molecule has 24 heavy (non-hydrogen) atoms. The molecular weight excluding hydrogens is 421 g/mol. The fourth-order valence-electron chi connectivity index (χ4n) is 2.25. The summed E-state index contributed by atoms with van der Waals surface area (Å²) < 4.78 is 16.0. The van der Waals surface area contributed by atoms with Crippen molar-refractivity contribution in [3.8, 4) is 11.5 Å². The number of hydrogen-bond acceptors (Lipinski definition) is 4. The lowest BCUT2D eigenvalue weighted by Gasteiger charge is -2.15. The minimum atomic E-state index is 0. The molecule has 0 unspecified atom stereocenters. The zero-order valence-corrected chi connectivity index (χ0v) is 16.5. The van der Waals surface area contributed by atoms with Gasteiger partial charge in [0.2, 0.25) is 0 Å². The maximum absolute atomic E-state index is 5.43. The van der Waals surface area contributed by atoms with Crippen molar-refractivity contribution in [1.29, 1.82) is 0 Å². The molecule has 0 bridgehead atoms. The molecule has 0 saturated carbocycles. The van der Waals surface area contributed by atoms with Crippen molar-refractivity contribution in [2.45, 2.75) is 13.0 Å². The quantitative estimate of drug-likeness (QED) is 0.390. The number of rotatable bonds is 7. The van der Waals surface area contributed by atoms with Crippen LogP contribution in [-0.4, -0.2) is 33.8 Å². The molecular formula is C17H24IN3O3. The van der Waals surface area contributed by atoms with Crippen molar-refractivity contribution in [1.82, 2.24) is 10.6 Å². The van der Waals surface area contributed by atoms with E-state index >= 15 is 0 Å². The Bertz CT molecular complexity index is 630. The predicted octanol–water partition coefficient (Wildman–Crippen LogP) is 2.82. The Kier molecular flexibility index (Phi) is 9.06. The summed E-state index contributed by atoms with van der Waals surface area (Å²) in [5.74, 6) is 3.12. The van der Waals surface area contributed by atoms with E-state index in [-0.39, 0.29) is 24.0 Å². The molecule has 6 nitrogen and oxygen atoms in total. The molecule has 0 atom stereocenters. The van der Waals surface area contributed by atoms with Gasteiger partial charge in [-0.3, -0.25) is 4.99 Å². The summed E-state index contributed by atoms with van der Waals surface area (Å²) in [7, 11) is 5.01. The third-order valence-electron chi connectivity index (χ3n) is 3.40. The number of para-hydroxylation sites is 1. The number of ether oxygens (including phenoxy) is 2. The highest BCUT2D eigenvalue weighted by Gasteiger charge is 2.09. The van der Waals surface area contributed by atoms with Gasteiger partial charge < -0.3 is 24.5 Å². The van der Waals surface area contributed by atoms with E-state index in [0.29, 0.717) is 12.3 Å². The molecule has 0 aliphatic heterocycles. The Morgan fingerprint density at radius 3 is 2.58 bits per heavy atom. The standard InChI is InChI=1S/C17H23N3O3.HI/c1-18-17(19-10-9-14-7-5-11-23-14)20-12-13-6-4-8-15(21-2)16(13)22-3;/h4-8,11H,9-10,12H2,1-3H3,(H2,18,19,20);1H. The van der Waals surface area contributed by atoms with Crippen LogP contribution in [0.15, 0.2) is 46.0 Å². The normalized spacial score (nSPS) is 10.7. The Balaban J connectivity index is 0.00000288. The molecule has 0 aliphatic rings. The molecule has 0 saturated heterocycles. The summed E-state index contributed by atoms with van der Waals surface area (Å²) in [4.78, 5) is 4.21. The van der Waals surface area contributed by atoms with E-state index in [1.165, 1.54) is 0 Å². The van der Waals surface area contributed by atoms with Gasteiger partial charge in [0.15, 0.2) is 17.5 Å². The van der Waals surface area contributed by atoms with Gasteiger partial charge in [-0.1, -0.05) is 12.1 Å². The summed E-state index contributed by atoms with van der Waals surface area (Å²) in [6.45, 7) is 1.32. The lowest BCUT2D eigenvalue weighted by Crippen LogP contribution is -2.37. The van der Waals surface area contributed by atoms with Crippen LogP contribution in [0.3, 0.4) is 0 Å². The van der Waals surface area contributed by atoms with Crippen molar-refractivity contribution in [2.24, 2.45) is 4.99 Å². The first-order valence-corrected chi connectivity index (χ1v) is 7.45. The van der Waals surface area contributed by atoms with Gasteiger partial charge in [0, 0.05) is 32.1 Å². The number of nitrogens with one attached hydrogen (secondary N) is 2. The summed E-state index contributed by atoms with van der Waals surface area (Å²) in [6, 6.07) is 9.64. The first-order valence-electron chi connectivity index (χ1n) is 7.45. The van der Waals surface area contributed by atoms with Gasteiger partial charge in [-0.05, 0) is 18.2 Å². The van der Waals surface area contributed by atoms with Crippen LogP contribution in [0.5, 0.6) is 11.5 Å². The summed E-state index contributed by atoms with van der Waals surface area (Å²) in [5, 5.41) is 6.52. The van der Waals surface area contributed by atoms with Crippen LogP contribution in [0.2, 0.25) is 0 Å². The monoisotopic (exact) mass is 445 g/mol. The molecule has 2 N–H and O–H groups in total. The number of methoxy groups -OCH3 is 2. The van der Waals surface area contributed by atoms with Crippen LogP contribution in [-0.2, 0) is 13.0 Å². The molecule has 1 aromatic heterocycles. The zero-order valence-electron chi connectivity index (χ0n) is 14.2. The first kappa shape index (κ1) is 20.1. The number of halogens is 1. The SMILES string of the molecule is CN=C(NCCc1ccco1)NCc1cccc(OC)c1OC.I. The third-order valence-corrected chi connectivity index (χ3v) is 3.40. The van der Waals surface area contributed by atoms with Crippen LogP contribution < -0.4 is 20.1 Å². The Morgan fingerprint density at radius 1 is 1.12 bits per heavy atom. The smallest absolute Gasteiger partial charge is 0.191 e. The van der Waals surface area contributed by atoms with E-state index in [2.05, 4.69) is 15.6 Å². The fraction of sp³-hybridized carbons (Fsp3) is 0.353. The molecule has 7 heteroatoms. The van der Waals surface area contributed by atoms with Gasteiger partial charge in [-0.15, -0.1) is 24.0 Å². The molecule has 0 aliphatic carbocycles. The van der Waals surface area contributed by atoms with Crippen molar-refractivity contribution < 1.29 is 13.9 Å². The number of hydrogen-bond donors (Lipinski definition) is 2. The van der Waals surface area contributed by atoms with Crippen LogP contribution in [0.4, 0.5) is 0 Å². The van der Waals surface area contributed by atoms with Crippen molar-refractivity contribution >= 4 is 29.9 Å². The maximum Gasteiger partial charge on any atom is 0.191 e. The lowest BCUT2D eigenvalue weighted by atomic mass is 10.2. The van der Waals surface area contributed by atoms with Crippen LogP contribution >= 0.6 is 24.0 Å². The largest absolute Gasteiger partial charge is 0.493 e. The van der Waals surface area contributed by atoms with Crippen LogP contribution in [0.1, 0.15) is 11.3 Å². The van der Waals surface area contributed by atoms with Crippen molar-refractivity contribution in [2.75, 3.05) is 27.8 Å². The molecule has 1 heterocycles. The second kappa shape index (κ2) is 10.8. The van der Waals surface area contributed by atoms with E-state index in [9.17, 15) is 0 Å². The molecule has 0 fully saturated rings. The average Bonchev–Trinajstić information content (AvgIpc) is 3.10. The van der Waals surface area contributed by atoms with Gasteiger partial charge >= 0.3 is 0 Å². The summed E-state index contributed by atoms with van der Waals surface area (Å²) in [5.41, 5.74) is 1.00. The fourth-order valence-corrected chi connectivity index (χ4v) is 2.25. The van der Waals surface area contributed by atoms with Crippen LogP contribution in [0.25, 0.3) is 0 Å². The molecule has 2 rings (SSSR count). The van der Waals surface area contributed by atoms with Crippen molar-refractivity contribution in [3.63, 3.8) is 0 Å². The minimum Gasteiger partial charge on any atom is -0.493 e. The molecule has 2 aromatic rings. The van der Waals surface area contributed by atoms with Gasteiger partial charge in [-0.2, -0.15) is 0 Å². The molecule has 132 valence electrons. The Labute approximate surface area is 159 Å². The molecule has 0 spiro atoms. The first-order chi connectivity index (χ1) is 11.3. The predicted molar refractivity (Wildman–Crippen MR) is 106 cm³/mol. The zero-order chi connectivity index (χ0) is 16.5. The summed E-state index contributed by atoms with van der Waals surface area (Å²) >= 11 is 0. The average molecular weight is 445 g/mol. The van der Waals surface area contributed by atoms with Crippen molar-refractivity contribution in [3.05, 3.63) is 47.9 Å². The number of furan rings is 1. The van der Waals surface area contributed by atoms with E-state index in [1.54, 1.807) is 27.5 Å². The van der Waals surface area contributed by atoms with Gasteiger partial charge in [-0.25, -0.2) is 0 Å². The lowest BCUT2D eigenvalue weighted by molar-refractivity contribution is 0.351. The Morgan fingerprint density at radius 2 is 1.96 bits per heavy atom. The number of aliphatic imine (C=N–C) groups is 1. The highest BCUT2D eigenvalue weighted by atomic mass is 127. The highest BCUT2D eigenvalue weighted by Crippen LogP contribution is 2.30. The third kappa shape index (κ3) is 5.63. The minimum absolute atomic E-state index is 0. The number of benzene rings is 1. The topological polar surface area (TPSA) is 68.0 Å². The summed E-state index contributed by atoms with van der Waals surface area (Å²) in [6.07, 6.45) is 2.48. The van der Waals surface area contributed by atoms with E-state index in [1.807, 2.05) is 30.3 Å². The molecule has 0 radical (unpaired) electrons. The molecule has 1 aromatic carbocycles. The van der Waals surface area contributed by atoms with Gasteiger partial charge in [0.1, 0.15) is 5.76 Å². The second-order valence-corrected chi connectivity index (χ2v) is 4.83. The van der Waals surface area contributed by atoms with Gasteiger partial charge in [0.05, 0.1) is 20.5 Å². The second-order valence-electron chi connectivity index (χ2n) is 4.83. The number of guanidine groups is 1. The van der Waals surface area contributed by atoms with E-state index in [4.69, 9.17) is 13.9 Å². The highest BCUT2D eigenvalue weighted by molar-refractivity contribution is 14.0. The van der Waals surface area contributed by atoms with Crippen LogP contribution in [0, 0.1) is 0 Å². The van der Waals surface area contributed by atoms with E-state index in [0.717, 1.165) is 36.0 Å². The Hall–Kier alpha value is -1.90. The number of nitrogens with zero attached hydrogens (tertiary/aromatic N) is 1. The maximum atomic E-state index is 5.43. The van der Waals surface area contributed by atoms with E-state index < -0.39 is 0 Å².